The van der Waals surface area contributed by atoms with Gasteiger partial charge < -0.3 is 4.74 Å². The minimum absolute atomic E-state index is 0.0368. The van der Waals surface area contributed by atoms with Crippen LogP contribution >= 0.6 is 15.9 Å². The highest BCUT2D eigenvalue weighted by Gasteiger charge is 2.15. The van der Waals surface area contributed by atoms with E-state index in [0.717, 1.165) is 0 Å². The predicted molar refractivity (Wildman–Crippen MR) is 69.6 cm³/mol. The van der Waals surface area contributed by atoms with Crippen LogP contribution in [0.25, 0.3) is 0 Å². The molecule has 0 aromatic heterocycles. The maximum Gasteiger partial charge on any atom is 0.338 e. The van der Waals surface area contributed by atoms with Crippen molar-refractivity contribution in [3.8, 4) is 6.07 Å². The number of benzene rings is 1. The molecule has 0 aliphatic heterocycles. The van der Waals surface area contributed by atoms with E-state index in [1.54, 1.807) is 19.1 Å². The molecule has 0 saturated heterocycles. The molecule has 1 rings (SSSR count). The quantitative estimate of drug-likeness (QED) is 0.618. The predicted octanol–water partition coefficient (Wildman–Crippen LogP) is 2.24. The van der Waals surface area contributed by atoms with Crippen LogP contribution in [0.3, 0.4) is 0 Å². The summed E-state index contributed by atoms with van der Waals surface area (Å²) in [6, 6.07) is 6.61. The largest absolute Gasteiger partial charge is 0.462 e. The number of hydrogen-bond acceptors (Lipinski definition) is 4. The first-order valence-electron chi connectivity index (χ1n) is 5.40. The molecule has 1 aromatic rings. The second-order valence-electron chi connectivity index (χ2n) is 3.55. The van der Waals surface area contributed by atoms with E-state index >= 15 is 0 Å². The summed E-state index contributed by atoms with van der Waals surface area (Å²) in [5.74, 6) is -0.544. The van der Waals surface area contributed by atoms with E-state index in [9.17, 15) is 9.59 Å². The number of ether oxygens (including phenoxy) is 1. The van der Waals surface area contributed by atoms with E-state index in [0.29, 0.717) is 11.1 Å². The maximum atomic E-state index is 11.7. The number of nitrogens with zero attached hydrogens (tertiary/aromatic N) is 1. The van der Waals surface area contributed by atoms with Gasteiger partial charge in [0, 0.05) is 6.42 Å². The first kappa shape index (κ1) is 14.4. The molecule has 94 valence electrons. The maximum absolute atomic E-state index is 11.7. The summed E-state index contributed by atoms with van der Waals surface area (Å²) >= 11 is 3.07. The molecule has 0 saturated carbocycles. The summed E-state index contributed by atoms with van der Waals surface area (Å²) in [5, 5.41) is 9.05. The van der Waals surface area contributed by atoms with E-state index in [1.807, 2.05) is 6.07 Å². The molecule has 0 N–H and O–H groups in total. The number of ketones is 1. The number of carbonyl (C=O) groups is 2. The molecule has 0 spiro atoms. The highest BCUT2D eigenvalue weighted by molar-refractivity contribution is 9.09. The van der Waals surface area contributed by atoms with Crippen LogP contribution in [0.5, 0.6) is 0 Å². The molecule has 0 radical (unpaired) electrons. The Balaban J connectivity index is 3.12. The number of alkyl halides is 1. The van der Waals surface area contributed by atoms with Gasteiger partial charge in [-0.3, -0.25) is 4.79 Å². The second-order valence-corrected chi connectivity index (χ2v) is 4.11. The van der Waals surface area contributed by atoms with Crippen molar-refractivity contribution >= 4 is 27.7 Å². The van der Waals surface area contributed by atoms with E-state index in [-0.39, 0.29) is 29.7 Å². The van der Waals surface area contributed by atoms with Crippen LogP contribution in [0.2, 0.25) is 0 Å². The van der Waals surface area contributed by atoms with Crippen molar-refractivity contribution in [3.05, 3.63) is 34.9 Å². The van der Waals surface area contributed by atoms with Gasteiger partial charge in [0.1, 0.15) is 5.78 Å². The van der Waals surface area contributed by atoms with Crippen molar-refractivity contribution < 1.29 is 14.3 Å². The Kier molecular flexibility index (Phi) is 5.53. The smallest absolute Gasteiger partial charge is 0.338 e. The molecule has 0 bridgehead atoms. The van der Waals surface area contributed by atoms with Gasteiger partial charge in [-0.1, -0.05) is 22.0 Å². The van der Waals surface area contributed by atoms with Crippen molar-refractivity contribution in [3.63, 3.8) is 0 Å². The fraction of sp³-hybridized carbons (Fsp3) is 0.308. The van der Waals surface area contributed by atoms with Crippen molar-refractivity contribution in [2.45, 2.75) is 13.3 Å². The lowest BCUT2D eigenvalue weighted by molar-refractivity contribution is -0.115. The van der Waals surface area contributed by atoms with Crippen molar-refractivity contribution in [2.24, 2.45) is 0 Å². The Morgan fingerprint density at radius 3 is 2.72 bits per heavy atom. The molecule has 0 aliphatic carbocycles. The van der Waals surface area contributed by atoms with Gasteiger partial charge in [-0.15, -0.1) is 0 Å². The summed E-state index contributed by atoms with van der Waals surface area (Å²) in [7, 11) is 0. The van der Waals surface area contributed by atoms with Crippen molar-refractivity contribution in [1.82, 2.24) is 0 Å². The first-order chi connectivity index (χ1) is 8.62. The zero-order valence-corrected chi connectivity index (χ0v) is 11.5. The fourth-order valence-corrected chi connectivity index (χ4v) is 1.66. The van der Waals surface area contributed by atoms with Crippen LogP contribution in [-0.2, 0) is 16.0 Å². The number of carbonyl (C=O) groups excluding carboxylic acids is 2. The summed E-state index contributed by atoms with van der Waals surface area (Å²) < 4.78 is 4.91. The minimum Gasteiger partial charge on any atom is -0.462 e. The van der Waals surface area contributed by atoms with E-state index < -0.39 is 5.97 Å². The van der Waals surface area contributed by atoms with Gasteiger partial charge in [0.2, 0.25) is 0 Å². The second kappa shape index (κ2) is 6.92. The van der Waals surface area contributed by atoms with Crippen molar-refractivity contribution in [1.29, 1.82) is 5.26 Å². The number of Topliss-reactive ketones (excluding diaryl/α,β-unsaturated/α-hetero) is 1. The Bertz CT molecular complexity index is 505. The van der Waals surface area contributed by atoms with Gasteiger partial charge in [-0.25, -0.2) is 4.79 Å². The molecule has 4 nitrogen and oxygen atoms in total. The van der Waals surface area contributed by atoms with Crippen LogP contribution < -0.4 is 0 Å². The molecule has 5 heteroatoms. The minimum atomic E-state index is -0.507. The Hall–Kier alpha value is -1.67. The molecule has 0 unspecified atom stereocenters. The molecule has 0 aliphatic rings. The Morgan fingerprint density at radius 2 is 2.17 bits per heavy atom. The standard InChI is InChI=1S/C13H12BrNO3/c1-2-18-13(17)12-5-9(8-15)3-4-10(12)6-11(16)7-14/h3-5H,2,6-7H2,1H3. The number of esters is 1. The third kappa shape index (κ3) is 3.67. The lowest BCUT2D eigenvalue weighted by Crippen LogP contribution is -2.12. The number of hydrogen-bond donors (Lipinski definition) is 0. The Labute approximate surface area is 114 Å². The monoisotopic (exact) mass is 309 g/mol. The fourth-order valence-electron chi connectivity index (χ4n) is 1.46. The van der Waals surface area contributed by atoms with Gasteiger partial charge in [0.25, 0.3) is 0 Å². The SMILES string of the molecule is CCOC(=O)c1cc(C#N)ccc1CC(=O)CBr. The zero-order valence-electron chi connectivity index (χ0n) is 9.90. The zero-order chi connectivity index (χ0) is 13.5. The van der Waals surface area contributed by atoms with Gasteiger partial charge >= 0.3 is 5.97 Å². The van der Waals surface area contributed by atoms with E-state index in [2.05, 4.69) is 15.9 Å². The highest BCUT2D eigenvalue weighted by atomic mass is 79.9. The number of rotatable bonds is 5. The molecular formula is C13H12BrNO3. The van der Waals surface area contributed by atoms with Crippen LogP contribution in [-0.4, -0.2) is 23.7 Å². The normalized spacial score (nSPS) is 9.61. The lowest BCUT2D eigenvalue weighted by Gasteiger charge is -2.08. The molecule has 0 atom stereocenters. The van der Waals surface area contributed by atoms with Gasteiger partial charge in [-0.2, -0.15) is 5.26 Å². The van der Waals surface area contributed by atoms with Gasteiger partial charge in [0.05, 0.1) is 29.1 Å². The highest BCUT2D eigenvalue weighted by Crippen LogP contribution is 2.15. The van der Waals surface area contributed by atoms with Crippen LogP contribution in [0.1, 0.15) is 28.4 Å². The van der Waals surface area contributed by atoms with Gasteiger partial charge in [-0.05, 0) is 24.6 Å². The topological polar surface area (TPSA) is 67.2 Å². The van der Waals surface area contributed by atoms with Gasteiger partial charge in [0.15, 0.2) is 0 Å². The first-order valence-corrected chi connectivity index (χ1v) is 6.52. The molecule has 18 heavy (non-hydrogen) atoms. The van der Waals surface area contributed by atoms with E-state index in [1.165, 1.54) is 6.07 Å². The van der Waals surface area contributed by atoms with E-state index in [4.69, 9.17) is 10.00 Å². The third-order valence-electron chi connectivity index (χ3n) is 2.27. The molecular weight excluding hydrogens is 298 g/mol. The number of nitriles is 1. The summed E-state index contributed by atoms with van der Waals surface area (Å²) in [4.78, 5) is 23.2. The van der Waals surface area contributed by atoms with Crippen LogP contribution in [0.4, 0.5) is 0 Å². The lowest BCUT2D eigenvalue weighted by atomic mass is 10.0. The summed E-state index contributed by atoms with van der Waals surface area (Å²) in [5.41, 5.74) is 1.23. The molecule has 0 fully saturated rings. The average Bonchev–Trinajstić information content (AvgIpc) is 2.39. The molecule has 0 amide bonds. The Morgan fingerprint density at radius 1 is 1.44 bits per heavy atom. The summed E-state index contributed by atoms with van der Waals surface area (Å²) in [6.07, 6.45) is 0.144. The molecule has 0 heterocycles. The van der Waals surface area contributed by atoms with Crippen LogP contribution in [0, 0.1) is 11.3 Å². The number of halogens is 1. The third-order valence-corrected chi connectivity index (χ3v) is 2.90. The molecule has 1 aromatic carbocycles. The summed E-state index contributed by atoms with van der Waals surface area (Å²) in [6.45, 7) is 1.96. The van der Waals surface area contributed by atoms with Crippen molar-refractivity contribution in [2.75, 3.05) is 11.9 Å². The van der Waals surface area contributed by atoms with Crippen LogP contribution in [0.15, 0.2) is 18.2 Å². The average molecular weight is 310 g/mol.